The van der Waals surface area contributed by atoms with Crippen LogP contribution in [0.2, 0.25) is 0 Å². The highest BCUT2D eigenvalue weighted by atomic mass is 32.2. The molecular weight excluding hydrogens is 983 g/mol. The van der Waals surface area contributed by atoms with Gasteiger partial charge in [-0.05, 0) is 104 Å². The van der Waals surface area contributed by atoms with E-state index < -0.39 is 80.9 Å². The van der Waals surface area contributed by atoms with Crippen LogP contribution in [0.5, 0.6) is 5.75 Å². The third-order valence-electron chi connectivity index (χ3n) is 12.9. The molecule has 3 rings (SSSR count). The minimum atomic E-state index is -4.20. The number of amides is 5. The summed E-state index contributed by atoms with van der Waals surface area (Å²) in [7, 11) is -4.20. The number of rotatable bonds is 33. The molecule has 21 heteroatoms. The van der Waals surface area contributed by atoms with E-state index in [4.69, 9.17) is 30.1 Å². The molecule has 2 aromatic carbocycles. The lowest BCUT2D eigenvalue weighted by Gasteiger charge is -2.29. The maximum absolute atomic E-state index is 14.1. The smallest absolute Gasteiger partial charge is 0.264 e. The number of guanidine groups is 1. The molecule has 0 saturated heterocycles. The highest BCUT2D eigenvalue weighted by Gasteiger charge is 2.37. The highest BCUT2D eigenvalue weighted by molar-refractivity contribution is 7.90. The van der Waals surface area contributed by atoms with Gasteiger partial charge in [0.25, 0.3) is 10.0 Å². The number of hydrogen-bond acceptors (Lipinski definition) is 13. The third-order valence-corrected chi connectivity index (χ3v) is 14.5. The number of benzene rings is 2. The maximum Gasteiger partial charge on any atom is 0.264 e. The van der Waals surface area contributed by atoms with Crippen molar-refractivity contribution in [3.05, 3.63) is 58.1 Å². The van der Waals surface area contributed by atoms with E-state index in [1.54, 1.807) is 27.7 Å². The fraction of sp³-hybridized carbons (Fsp3) is 0.667. The van der Waals surface area contributed by atoms with E-state index in [9.17, 15) is 32.4 Å². The van der Waals surface area contributed by atoms with Gasteiger partial charge in [-0.3, -0.25) is 29.4 Å². The molecule has 5 amide bonds. The summed E-state index contributed by atoms with van der Waals surface area (Å²) in [6.45, 7) is 20.8. The van der Waals surface area contributed by atoms with E-state index in [1.165, 1.54) is 6.42 Å². The van der Waals surface area contributed by atoms with Gasteiger partial charge in [0, 0.05) is 44.1 Å². The summed E-state index contributed by atoms with van der Waals surface area (Å²) < 4.78 is 52.7. The zero-order chi connectivity index (χ0) is 55.9. The van der Waals surface area contributed by atoms with Gasteiger partial charge in [0.2, 0.25) is 35.5 Å². The summed E-state index contributed by atoms with van der Waals surface area (Å²) in [5.41, 5.74) is 7.71. The first kappa shape index (κ1) is 63.9. The monoisotopic (exact) mass is 1070 g/mol. The van der Waals surface area contributed by atoms with Gasteiger partial charge in [-0.15, -0.1) is 0 Å². The molecule has 1 heterocycles. The Kier molecular flexibility index (Phi) is 26.4. The van der Waals surface area contributed by atoms with E-state index in [0.717, 1.165) is 43.2 Å². The Morgan fingerprint density at radius 3 is 2.05 bits per heavy atom. The van der Waals surface area contributed by atoms with Crippen LogP contribution in [0.1, 0.15) is 135 Å². The summed E-state index contributed by atoms with van der Waals surface area (Å²) in [6.07, 6.45) is 7.29. The predicted molar refractivity (Wildman–Crippen MR) is 290 cm³/mol. The standard InChI is InChI=1S/C54H89N9O11S/c1-12-13-14-15-16-20-26-57-49(66)43(31-40-22-18-17-19-23-40)61-51(68)44(33-73-53(7,8)9)62-48(65)37(4)39(6)59-50(67)42(60-45(64)34-72-30-29-71-28-25-55)24-21-27-58-52(56)63-75(69,70)47-36(3)35(2)46-41(38(47)5)32-54(10,11)74-46/h17-19,22-23,37,39,42-44H,12-16,20-21,24-34,55H2,1-11H3,(H,57,66)(H,59,67)(H,60,64)(H,61,68)(H,62,65)(H3,56,58,63)/t37-,39?,42-,43-,44-/m0/s1. The Labute approximate surface area is 446 Å². The Morgan fingerprint density at radius 1 is 0.760 bits per heavy atom. The number of carbonyl (C=O) groups excluding carboxylic acids is 5. The second-order valence-electron chi connectivity index (χ2n) is 21.1. The molecular formula is C54H89N9O11S. The number of ether oxygens (including phenoxy) is 4. The van der Waals surface area contributed by atoms with E-state index in [0.29, 0.717) is 48.6 Å². The van der Waals surface area contributed by atoms with Gasteiger partial charge in [0.1, 0.15) is 36.1 Å². The minimum absolute atomic E-state index is 0.0403. The Bertz CT molecular complexity index is 2310. The average Bonchev–Trinajstić information content (AvgIpc) is 3.68. The van der Waals surface area contributed by atoms with Crippen molar-refractivity contribution in [2.75, 3.05) is 52.7 Å². The molecule has 1 aliphatic rings. The summed E-state index contributed by atoms with van der Waals surface area (Å²) in [5.74, 6) is -3.48. The topological polar surface area (TPSA) is 290 Å². The fourth-order valence-corrected chi connectivity index (χ4v) is 9.96. The Hall–Kier alpha value is -5.35. The summed E-state index contributed by atoms with van der Waals surface area (Å²) in [5, 5.41) is 25.4. The van der Waals surface area contributed by atoms with Crippen molar-refractivity contribution in [1.82, 2.24) is 36.6 Å². The first-order valence-electron chi connectivity index (χ1n) is 26.5. The van der Waals surface area contributed by atoms with Gasteiger partial charge in [0.05, 0.1) is 42.8 Å². The lowest BCUT2D eigenvalue weighted by molar-refractivity contribution is -0.136. The molecule has 1 unspecified atom stereocenters. The van der Waals surface area contributed by atoms with Gasteiger partial charge in [-0.2, -0.15) is 0 Å². The quantitative estimate of drug-likeness (QED) is 0.0278. The van der Waals surface area contributed by atoms with Gasteiger partial charge in [0.15, 0.2) is 0 Å². The zero-order valence-electron chi connectivity index (χ0n) is 46.5. The number of hydrogen-bond donors (Lipinski definition) is 9. The molecule has 422 valence electrons. The molecule has 0 aliphatic carbocycles. The molecule has 20 nitrogen and oxygen atoms in total. The number of fused-ring (bicyclic) bond motifs is 1. The molecule has 0 radical (unpaired) electrons. The van der Waals surface area contributed by atoms with Crippen molar-refractivity contribution in [1.29, 1.82) is 5.41 Å². The highest BCUT2D eigenvalue weighted by Crippen LogP contribution is 2.43. The van der Waals surface area contributed by atoms with Crippen molar-refractivity contribution >= 4 is 45.5 Å². The van der Waals surface area contributed by atoms with Crippen LogP contribution in [0.15, 0.2) is 35.2 Å². The molecule has 2 aromatic rings. The SMILES string of the molecule is CCCCCCCCNC(=O)[C@H](Cc1ccccc1)NC(=O)[C@H](COC(C)(C)C)NC(=O)[C@@H](C)C(C)NC(=O)[C@H](CCCNC(=N)NS(=O)(=O)c1c(C)c(C)c2c(c1C)CC(C)(C)O2)NC(=O)COCCOCCN. The first-order valence-corrected chi connectivity index (χ1v) is 28.0. The summed E-state index contributed by atoms with van der Waals surface area (Å²) in [4.78, 5) is 68.8. The third kappa shape index (κ3) is 22.0. The number of carbonyl (C=O) groups is 5. The van der Waals surface area contributed by atoms with Crippen LogP contribution in [0, 0.1) is 32.1 Å². The Balaban J connectivity index is 1.71. The van der Waals surface area contributed by atoms with Crippen LogP contribution in [-0.2, 0) is 61.0 Å². The summed E-state index contributed by atoms with van der Waals surface area (Å²) in [6, 6.07) is 5.18. The second kappa shape index (κ2) is 31.0. The van der Waals surface area contributed by atoms with Crippen molar-refractivity contribution < 1.29 is 51.3 Å². The minimum Gasteiger partial charge on any atom is -0.487 e. The van der Waals surface area contributed by atoms with Crippen LogP contribution < -0.4 is 47.1 Å². The van der Waals surface area contributed by atoms with Gasteiger partial charge >= 0.3 is 0 Å². The van der Waals surface area contributed by atoms with Crippen molar-refractivity contribution in [3.63, 3.8) is 0 Å². The molecule has 0 fully saturated rings. The number of nitrogens with two attached hydrogens (primary N) is 1. The normalized spacial score (nSPS) is 15.0. The molecule has 5 atom stereocenters. The molecule has 75 heavy (non-hydrogen) atoms. The lowest BCUT2D eigenvalue weighted by Crippen LogP contribution is -2.58. The van der Waals surface area contributed by atoms with Crippen molar-refractivity contribution in [3.8, 4) is 5.75 Å². The lowest BCUT2D eigenvalue weighted by atomic mass is 9.94. The second-order valence-corrected chi connectivity index (χ2v) is 22.7. The maximum atomic E-state index is 14.1. The molecule has 0 bridgehead atoms. The van der Waals surface area contributed by atoms with E-state index in [2.05, 4.69) is 43.5 Å². The zero-order valence-corrected chi connectivity index (χ0v) is 47.3. The van der Waals surface area contributed by atoms with E-state index in [-0.39, 0.29) is 63.0 Å². The number of unbranched alkanes of at least 4 members (excludes halogenated alkanes) is 5. The molecule has 0 spiro atoms. The molecule has 0 saturated carbocycles. The number of sulfonamides is 1. The first-order chi connectivity index (χ1) is 35.3. The van der Waals surface area contributed by atoms with Gasteiger partial charge in [-0.25, -0.2) is 13.1 Å². The van der Waals surface area contributed by atoms with Gasteiger partial charge in [-0.1, -0.05) is 76.3 Å². The van der Waals surface area contributed by atoms with Crippen LogP contribution in [0.4, 0.5) is 0 Å². The van der Waals surface area contributed by atoms with Crippen LogP contribution in [0.3, 0.4) is 0 Å². The molecule has 10 N–H and O–H groups in total. The average molecular weight is 1070 g/mol. The van der Waals surface area contributed by atoms with Crippen LogP contribution >= 0.6 is 0 Å². The molecule has 0 aromatic heterocycles. The molecule has 1 aliphatic heterocycles. The summed E-state index contributed by atoms with van der Waals surface area (Å²) >= 11 is 0. The van der Waals surface area contributed by atoms with Crippen molar-refractivity contribution in [2.45, 2.75) is 181 Å². The van der Waals surface area contributed by atoms with Crippen LogP contribution in [0.25, 0.3) is 0 Å². The fourth-order valence-electron chi connectivity index (χ4n) is 8.43. The predicted octanol–water partition coefficient (Wildman–Crippen LogP) is 4.03. The van der Waals surface area contributed by atoms with E-state index in [1.807, 2.05) is 71.9 Å². The van der Waals surface area contributed by atoms with E-state index >= 15 is 0 Å². The largest absolute Gasteiger partial charge is 0.487 e. The Morgan fingerprint density at radius 2 is 1.39 bits per heavy atom. The van der Waals surface area contributed by atoms with Crippen molar-refractivity contribution in [2.24, 2.45) is 11.7 Å². The van der Waals surface area contributed by atoms with Gasteiger partial charge < -0.3 is 56.6 Å². The van der Waals surface area contributed by atoms with Crippen LogP contribution in [-0.4, -0.2) is 132 Å². The number of nitrogens with one attached hydrogen (secondary N) is 8.